The zero-order valence-corrected chi connectivity index (χ0v) is 17.5. The second-order valence-corrected chi connectivity index (χ2v) is 8.19. The average molecular weight is 464 g/mol. The molecule has 0 radical (unpaired) electrons. The number of halogens is 1. The molecule has 0 fully saturated rings. The lowest BCUT2D eigenvalue weighted by Gasteiger charge is -2.04. The van der Waals surface area contributed by atoms with E-state index in [0.29, 0.717) is 11.1 Å². The Hall–Kier alpha value is -2.90. The lowest BCUT2D eigenvalue weighted by molar-refractivity contribution is 0.0951. The molecular weight excluding hydrogens is 450 g/mol. The van der Waals surface area contributed by atoms with Gasteiger partial charge in [-0.2, -0.15) is 0 Å². The molecule has 0 amide bonds. The highest BCUT2D eigenvalue weighted by molar-refractivity contribution is 9.10. The average Bonchev–Trinajstić information content (AvgIpc) is 3.35. The van der Waals surface area contributed by atoms with E-state index in [1.165, 1.54) is 11.8 Å². The van der Waals surface area contributed by atoms with Gasteiger partial charge in [-0.3, -0.25) is 9.36 Å². The summed E-state index contributed by atoms with van der Waals surface area (Å²) in [5.74, 6) is 0.581. The van der Waals surface area contributed by atoms with E-state index in [4.69, 9.17) is 4.42 Å². The van der Waals surface area contributed by atoms with E-state index in [1.54, 1.807) is 4.57 Å². The van der Waals surface area contributed by atoms with Crippen LogP contribution in [0.5, 0.6) is 0 Å². The highest BCUT2D eigenvalue weighted by Gasteiger charge is 2.18. The van der Waals surface area contributed by atoms with Crippen molar-refractivity contribution in [3.63, 3.8) is 0 Å². The van der Waals surface area contributed by atoms with Crippen LogP contribution in [-0.4, -0.2) is 26.4 Å². The number of para-hydroxylation sites is 2. The van der Waals surface area contributed by atoms with Crippen molar-refractivity contribution in [2.24, 2.45) is 0 Å². The van der Waals surface area contributed by atoms with E-state index in [1.807, 2.05) is 72.8 Å². The Kier molecular flexibility index (Phi) is 4.69. The Morgan fingerprint density at radius 3 is 2.21 bits per heavy atom. The lowest BCUT2D eigenvalue weighted by atomic mass is 10.2. The fourth-order valence-electron chi connectivity index (χ4n) is 3.39. The molecule has 5 rings (SSSR count). The van der Waals surface area contributed by atoms with Gasteiger partial charge in [-0.15, -0.1) is 10.2 Å². The molecule has 2 heterocycles. The molecule has 3 aromatic carbocycles. The summed E-state index contributed by atoms with van der Waals surface area (Å²) < 4.78 is 8.39. The van der Waals surface area contributed by atoms with Crippen LogP contribution in [0, 0.1) is 0 Å². The summed E-state index contributed by atoms with van der Waals surface area (Å²) in [6, 6.07) is 23.5. The van der Waals surface area contributed by atoms with Crippen LogP contribution < -0.4 is 0 Å². The number of thioether (sulfide) groups is 1. The van der Waals surface area contributed by atoms with E-state index in [-0.39, 0.29) is 11.7 Å². The smallest absolute Gasteiger partial charge is 0.277 e. The molecule has 142 valence electrons. The fraction of sp³-hybridized carbons (Fsp3) is 0.0455. The van der Waals surface area contributed by atoms with Crippen molar-refractivity contribution in [2.45, 2.75) is 5.22 Å². The molecule has 0 saturated heterocycles. The zero-order chi connectivity index (χ0) is 19.8. The molecule has 0 bridgehead atoms. The van der Waals surface area contributed by atoms with E-state index >= 15 is 0 Å². The van der Waals surface area contributed by atoms with Crippen LogP contribution >= 0.6 is 27.7 Å². The summed E-state index contributed by atoms with van der Waals surface area (Å²) in [6.45, 7) is 0. The minimum atomic E-state index is -0.0342. The minimum Gasteiger partial charge on any atom is -0.411 e. The summed E-state index contributed by atoms with van der Waals surface area (Å²) in [4.78, 5) is 13.1. The fourth-order valence-corrected chi connectivity index (χ4v) is 4.46. The zero-order valence-electron chi connectivity index (χ0n) is 15.1. The summed E-state index contributed by atoms with van der Waals surface area (Å²) in [6.07, 6.45) is 0. The number of carbonyl (C=O) groups excluding carboxylic acids is 1. The van der Waals surface area contributed by atoms with E-state index in [0.717, 1.165) is 31.8 Å². The van der Waals surface area contributed by atoms with Crippen molar-refractivity contribution in [3.8, 4) is 11.5 Å². The second kappa shape index (κ2) is 7.50. The molecule has 0 aliphatic rings. The third-order valence-corrected chi connectivity index (χ3v) is 6.15. The Morgan fingerprint density at radius 1 is 0.897 bits per heavy atom. The van der Waals surface area contributed by atoms with Gasteiger partial charge >= 0.3 is 0 Å². The number of fused-ring (bicyclic) bond motifs is 3. The van der Waals surface area contributed by atoms with Gasteiger partial charge in [0.25, 0.3) is 5.22 Å². The maximum atomic E-state index is 13.1. The molecule has 2 aromatic heterocycles. The number of aromatic nitrogens is 3. The first-order valence-corrected chi connectivity index (χ1v) is 10.7. The monoisotopic (exact) mass is 463 g/mol. The van der Waals surface area contributed by atoms with Crippen molar-refractivity contribution < 1.29 is 9.21 Å². The number of hydrogen-bond acceptors (Lipinski definition) is 5. The van der Waals surface area contributed by atoms with E-state index in [2.05, 4.69) is 26.1 Å². The Morgan fingerprint density at radius 2 is 1.52 bits per heavy atom. The maximum absolute atomic E-state index is 13.1. The molecule has 0 saturated carbocycles. The molecule has 29 heavy (non-hydrogen) atoms. The molecule has 0 spiro atoms. The van der Waals surface area contributed by atoms with Crippen LogP contribution in [0.3, 0.4) is 0 Å². The number of hydrogen-bond donors (Lipinski definition) is 0. The number of carbonyl (C=O) groups is 1. The van der Waals surface area contributed by atoms with Gasteiger partial charge in [-0.1, -0.05) is 60.3 Å². The van der Waals surface area contributed by atoms with Crippen LogP contribution in [0.25, 0.3) is 33.3 Å². The summed E-state index contributed by atoms with van der Waals surface area (Å²) >= 11 is 4.72. The normalized spacial score (nSPS) is 11.3. The molecule has 0 N–H and O–H groups in total. The highest BCUT2D eigenvalue weighted by atomic mass is 79.9. The van der Waals surface area contributed by atoms with Crippen LogP contribution in [0.15, 0.2) is 86.9 Å². The van der Waals surface area contributed by atoms with Gasteiger partial charge in [0.05, 0.1) is 22.3 Å². The SMILES string of the molecule is O=C(CSc1nnc(-c2ccccc2Br)o1)n1c2ccccc2c2ccccc21. The molecule has 0 atom stereocenters. The third kappa shape index (κ3) is 3.26. The molecule has 5 nitrogen and oxygen atoms in total. The Balaban J connectivity index is 1.43. The van der Waals surface area contributed by atoms with Gasteiger partial charge in [-0.05, 0) is 40.2 Å². The lowest BCUT2D eigenvalue weighted by Crippen LogP contribution is -2.12. The van der Waals surface area contributed by atoms with E-state index < -0.39 is 0 Å². The van der Waals surface area contributed by atoms with Crippen molar-refractivity contribution in [1.29, 1.82) is 0 Å². The van der Waals surface area contributed by atoms with Gasteiger partial charge in [0.15, 0.2) is 0 Å². The van der Waals surface area contributed by atoms with Crippen LogP contribution in [0.4, 0.5) is 0 Å². The quantitative estimate of drug-likeness (QED) is 0.304. The first-order valence-electron chi connectivity index (χ1n) is 8.95. The first kappa shape index (κ1) is 18.1. The largest absolute Gasteiger partial charge is 0.411 e. The van der Waals surface area contributed by atoms with Crippen LogP contribution in [0.2, 0.25) is 0 Å². The number of nitrogens with zero attached hydrogens (tertiary/aromatic N) is 3. The number of rotatable bonds is 4. The molecule has 0 aliphatic heterocycles. The topological polar surface area (TPSA) is 60.9 Å². The Bertz CT molecular complexity index is 1310. The predicted octanol–water partition coefficient (Wildman–Crippen LogP) is 6.04. The minimum absolute atomic E-state index is 0.0342. The van der Waals surface area contributed by atoms with Gasteiger partial charge in [-0.25, -0.2) is 0 Å². The maximum Gasteiger partial charge on any atom is 0.277 e. The standard InChI is InChI=1S/C22H14BrN3O2S/c23-17-10-4-1-9-16(17)21-24-25-22(28-21)29-13-20(27)26-18-11-5-2-7-14(18)15-8-3-6-12-19(15)26/h1-12H,13H2. The molecule has 7 heteroatoms. The summed E-state index contributed by atoms with van der Waals surface area (Å²) in [5.41, 5.74) is 2.62. The third-order valence-electron chi connectivity index (χ3n) is 4.66. The van der Waals surface area contributed by atoms with Crippen LogP contribution in [-0.2, 0) is 0 Å². The van der Waals surface area contributed by atoms with E-state index in [9.17, 15) is 4.79 Å². The molecular formula is C22H14BrN3O2S. The van der Waals surface area contributed by atoms with Crippen molar-refractivity contribution in [3.05, 3.63) is 77.3 Å². The van der Waals surface area contributed by atoms with Gasteiger partial charge < -0.3 is 4.42 Å². The van der Waals surface area contributed by atoms with Crippen molar-refractivity contribution >= 4 is 55.4 Å². The first-order chi connectivity index (χ1) is 14.2. The van der Waals surface area contributed by atoms with Crippen LogP contribution in [0.1, 0.15) is 4.79 Å². The summed E-state index contributed by atoms with van der Waals surface area (Å²) in [7, 11) is 0. The molecule has 0 unspecified atom stereocenters. The van der Waals surface area contributed by atoms with Gasteiger partial charge in [0.1, 0.15) is 0 Å². The molecule has 0 aliphatic carbocycles. The Labute approximate surface area is 178 Å². The predicted molar refractivity (Wildman–Crippen MR) is 118 cm³/mol. The van der Waals surface area contributed by atoms with Crippen molar-refractivity contribution in [1.82, 2.24) is 14.8 Å². The van der Waals surface area contributed by atoms with Gasteiger partial charge in [0.2, 0.25) is 11.8 Å². The second-order valence-electron chi connectivity index (χ2n) is 6.41. The highest BCUT2D eigenvalue weighted by Crippen LogP contribution is 2.31. The van der Waals surface area contributed by atoms with Crippen molar-refractivity contribution in [2.75, 3.05) is 5.75 Å². The summed E-state index contributed by atoms with van der Waals surface area (Å²) in [5, 5.41) is 10.7. The van der Waals surface area contributed by atoms with Gasteiger partial charge in [0, 0.05) is 15.2 Å². The molecule has 5 aromatic rings. The number of benzene rings is 3.